The van der Waals surface area contributed by atoms with Crippen LogP contribution in [0.4, 0.5) is 0 Å². The minimum Gasteiger partial charge on any atom is -0.480 e. The molecule has 0 aliphatic rings. The zero-order valence-corrected chi connectivity index (χ0v) is 6.32. The van der Waals surface area contributed by atoms with Gasteiger partial charge in [0.15, 0.2) is 0 Å². The smallest absolute Gasteiger partial charge is 0.321 e. The van der Waals surface area contributed by atoms with Crippen molar-refractivity contribution in [2.24, 2.45) is 5.73 Å². The third-order valence-corrected chi connectivity index (χ3v) is 1.25. The highest BCUT2D eigenvalue weighted by Gasteiger charge is 2.17. The molecule has 0 heterocycles. The number of rotatable bonds is 3. The molecular weight excluding hydrogens is 144 g/mol. The normalized spacial score (nSPS) is 13.7. The van der Waals surface area contributed by atoms with E-state index in [0.717, 1.165) is 0 Å². The molecule has 0 fully saturated rings. The van der Waals surface area contributed by atoms with E-state index in [1.54, 1.807) is 13.0 Å². The topological polar surface area (TPSA) is 67.7 Å². The van der Waals surface area contributed by atoms with Crippen molar-refractivity contribution in [3.63, 3.8) is 0 Å². The molecule has 0 radical (unpaired) electrons. The predicted octanol–water partition coefficient (Wildman–Crippen LogP) is 0.655. The summed E-state index contributed by atoms with van der Waals surface area (Å²) in [7, 11) is 0. The molecule has 0 aromatic heterocycles. The number of nitrogens with zero attached hydrogens (tertiary/aromatic N) is 1. The average molecular weight is 155 g/mol. The van der Waals surface area contributed by atoms with Crippen LogP contribution in [0.1, 0.15) is 13.3 Å². The largest absolute Gasteiger partial charge is 0.480 e. The number of carbonyl (C=O) groups is 1. The predicted molar refractivity (Wildman–Crippen MR) is 42.3 cm³/mol. The molecule has 1 unspecified atom stereocenters. The Labute approximate surface area is 65.1 Å². The minimum absolute atomic E-state index is 0.169. The van der Waals surface area contributed by atoms with Crippen molar-refractivity contribution in [1.29, 1.82) is 0 Å². The van der Waals surface area contributed by atoms with Gasteiger partial charge in [-0.3, -0.25) is 4.79 Å². The molecule has 0 saturated heterocycles. The van der Waals surface area contributed by atoms with Crippen molar-refractivity contribution in [3.05, 3.63) is 16.6 Å². The van der Waals surface area contributed by atoms with Gasteiger partial charge in [0, 0.05) is 0 Å². The first-order valence-electron chi connectivity index (χ1n) is 3.16. The molecule has 0 aliphatic heterocycles. The molecule has 0 aromatic rings. The van der Waals surface area contributed by atoms with Crippen LogP contribution < -0.4 is 5.73 Å². The van der Waals surface area contributed by atoms with Crippen molar-refractivity contribution in [1.82, 2.24) is 0 Å². The first-order chi connectivity index (χ1) is 5.11. The highest BCUT2D eigenvalue weighted by atomic mass is 16.4. The quantitative estimate of drug-likeness (QED) is 0.629. The van der Waals surface area contributed by atoms with E-state index in [2.05, 4.69) is 4.85 Å². The number of carboxylic acids is 1. The SMILES string of the molecule is C#[N+]C(=CC)CC(N)C(=O)O. The molecule has 1 atom stereocenters. The summed E-state index contributed by atoms with van der Waals surface area (Å²) < 4.78 is 0. The molecule has 4 heteroatoms. The van der Waals surface area contributed by atoms with E-state index in [-0.39, 0.29) is 6.42 Å². The number of allylic oxidation sites excluding steroid dienone is 1. The molecular formula is C7H11N2O2+. The lowest BCUT2D eigenvalue weighted by atomic mass is 10.2. The molecule has 0 aromatic carbocycles. The van der Waals surface area contributed by atoms with Gasteiger partial charge in [0.05, 0.1) is 6.42 Å². The van der Waals surface area contributed by atoms with Crippen molar-refractivity contribution in [2.75, 3.05) is 0 Å². The van der Waals surface area contributed by atoms with Crippen molar-refractivity contribution in [3.8, 4) is 6.57 Å². The Balaban J connectivity index is 4.06. The second kappa shape index (κ2) is 4.47. The van der Waals surface area contributed by atoms with E-state index in [4.69, 9.17) is 17.4 Å². The Bertz CT molecular complexity index is 215. The van der Waals surface area contributed by atoms with Crippen LogP contribution in [0.2, 0.25) is 0 Å². The van der Waals surface area contributed by atoms with Crippen LogP contribution in [-0.2, 0) is 4.79 Å². The lowest BCUT2D eigenvalue weighted by Crippen LogP contribution is -2.30. The average Bonchev–Trinajstić information content (AvgIpc) is 1.99. The Morgan fingerprint density at radius 2 is 2.45 bits per heavy atom. The number of hydrogen-bond acceptors (Lipinski definition) is 2. The summed E-state index contributed by atoms with van der Waals surface area (Å²) in [4.78, 5) is 13.6. The van der Waals surface area contributed by atoms with Crippen LogP contribution in [-0.4, -0.2) is 17.1 Å². The number of hydrogen-bond donors (Lipinski definition) is 2. The van der Waals surface area contributed by atoms with Gasteiger partial charge in [0.1, 0.15) is 6.04 Å². The molecule has 0 bridgehead atoms. The van der Waals surface area contributed by atoms with Gasteiger partial charge in [0.2, 0.25) is 0 Å². The number of nitrogens with two attached hydrogens (primary N) is 1. The molecule has 0 saturated carbocycles. The van der Waals surface area contributed by atoms with Crippen LogP contribution in [0.25, 0.3) is 4.85 Å². The monoisotopic (exact) mass is 155 g/mol. The Kier molecular flexibility index (Phi) is 3.93. The van der Waals surface area contributed by atoms with Crippen LogP contribution in [0, 0.1) is 6.57 Å². The molecule has 60 valence electrons. The number of aliphatic carboxylic acids is 1. The lowest BCUT2D eigenvalue weighted by molar-refractivity contribution is -0.138. The fraction of sp³-hybridized carbons (Fsp3) is 0.429. The zero-order chi connectivity index (χ0) is 8.85. The van der Waals surface area contributed by atoms with E-state index in [0.29, 0.717) is 5.70 Å². The van der Waals surface area contributed by atoms with Gasteiger partial charge in [0.25, 0.3) is 6.57 Å². The van der Waals surface area contributed by atoms with Gasteiger partial charge in [-0.2, -0.15) is 0 Å². The fourth-order valence-electron chi connectivity index (χ4n) is 0.558. The van der Waals surface area contributed by atoms with Crippen LogP contribution in [0.5, 0.6) is 0 Å². The standard InChI is InChI=1S/C7H10N2O2/c1-3-5(9-2)4-6(8)7(10)11/h2-3,6H,4,8H2,1H3/p+1. The summed E-state index contributed by atoms with van der Waals surface area (Å²) in [6.45, 7) is 6.66. The fourth-order valence-corrected chi connectivity index (χ4v) is 0.558. The van der Waals surface area contributed by atoms with Gasteiger partial charge in [-0.15, -0.1) is 0 Å². The van der Waals surface area contributed by atoms with E-state index in [1.165, 1.54) is 0 Å². The van der Waals surface area contributed by atoms with Crippen LogP contribution in [0.3, 0.4) is 0 Å². The van der Waals surface area contributed by atoms with Gasteiger partial charge in [-0.05, 0) is 17.8 Å². The Hall–Kier alpha value is -1.34. The molecule has 0 spiro atoms. The second-order valence-corrected chi connectivity index (χ2v) is 2.06. The van der Waals surface area contributed by atoms with Crippen LogP contribution in [0.15, 0.2) is 11.8 Å². The van der Waals surface area contributed by atoms with Gasteiger partial charge in [-0.1, -0.05) is 0 Å². The van der Waals surface area contributed by atoms with Gasteiger partial charge in [-0.25, -0.2) is 0 Å². The van der Waals surface area contributed by atoms with Gasteiger partial charge >= 0.3 is 11.7 Å². The van der Waals surface area contributed by atoms with Gasteiger partial charge < -0.3 is 10.8 Å². The van der Waals surface area contributed by atoms with E-state index in [1.807, 2.05) is 0 Å². The van der Waals surface area contributed by atoms with Crippen molar-refractivity contribution in [2.45, 2.75) is 19.4 Å². The molecule has 4 nitrogen and oxygen atoms in total. The maximum absolute atomic E-state index is 10.2. The Morgan fingerprint density at radius 3 is 2.73 bits per heavy atom. The molecule has 3 N–H and O–H groups in total. The van der Waals surface area contributed by atoms with Crippen LogP contribution >= 0.6 is 0 Å². The van der Waals surface area contributed by atoms with Crippen molar-refractivity contribution < 1.29 is 9.90 Å². The third-order valence-electron chi connectivity index (χ3n) is 1.25. The third kappa shape index (κ3) is 3.38. The molecule has 0 amide bonds. The summed E-state index contributed by atoms with van der Waals surface area (Å²) in [5, 5.41) is 8.39. The maximum atomic E-state index is 10.2. The lowest BCUT2D eigenvalue weighted by Gasteiger charge is -1.98. The van der Waals surface area contributed by atoms with E-state index >= 15 is 0 Å². The Morgan fingerprint density at radius 1 is 1.91 bits per heavy atom. The second-order valence-electron chi connectivity index (χ2n) is 2.06. The molecule has 0 aliphatic carbocycles. The van der Waals surface area contributed by atoms with E-state index < -0.39 is 12.0 Å². The van der Waals surface area contributed by atoms with E-state index in [9.17, 15) is 4.79 Å². The zero-order valence-electron chi connectivity index (χ0n) is 6.32. The number of carboxylic acid groups (broad SMARTS) is 1. The molecule has 11 heavy (non-hydrogen) atoms. The first kappa shape index (κ1) is 9.66. The maximum Gasteiger partial charge on any atom is 0.321 e. The van der Waals surface area contributed by atoms with Crippen molar-refractivity contribution >= 4 is 5.97 Å². The summed E-state index contributed by atoms with van der Waals surface area (Å²) in [6.07, 6.45) is 1.80. The minimum atomic E-state index is -1.05. The summed E-state index contributed by atoms with van der Waals surface area (Å²) in [5.74, 6) is -1.05. The highest BCUT2D eigenvalue weighted by molar-refractivity contribution is 5.73. The summed E-state index contributed by atoms with van der Waals surface area (Å²) in [5.41, 5.74) is 5.71. The summed E-state index contributed by atoms with van der Waals surface area (Å²) >= 11 is 0. The summed E-state index contributed by atoms with van der Waals surface area (Å²) in [6, 6.07) is -0.923. The molecule has 0 rings (SSSR count). The first-order valence-corrected chi connectivity index (χ1v) is 3.16. The highest BCUT2D eigenvalue weighted by Crippen LogP contribution is 2.04.